The van der Waals surface area contributed by atoms with Gasteiger partial charge in [0, 0.05) is 85.7 Å². The molecule has 0 amide bonds. The van der Waals surface area contributed by atoms with E-state index >= 15 is 0 Å². The average molecular weight is 757 g/mol. The lowest BCUT2D eigenvalue weighted by molar-refractivity contribution is 0.111. The summed E-state index contributed by atoms with van der Waals surface area (Å²) in [7, 11) is 7.70. The minimum Gasteiger partial charge on any atom is -0.494 e. The molecule has 0 saturated carbocycles. The Bertz CT molecular complexity index is 2360. The van der Waals surface area contributed by atoms with Gasteiger partial charge in [-0.15, -0.1) is 0 Å². The Morgan fingerprint density at radius 1 is 1.00 bits per heavy atom. The van der Waals surface area contributed by atoms with Crippen LogP contribution in [-0.4, -0.2) is 63.3 Å². The highest BCUT2D eigenvalue weighted by atomic mass is 35.5. The van der Waals surface area contributed by atoms with Crippen LogP contribution in [0.4, 0.5) is 5.69 Å². The molecule has 53 heavy (non-hydrogen) atoms. The third kappa shape index (κ3) is 6.85. The van der Waals surface area contributed by atoms with Gasteiger partial charge in [-0.1, -0.05) is 41.4 Å². The van der Waals surface area contributed by atoms with Crippen molar-refractivity contribution in [1.29, 1.82) is 0 Å². The number of hydrazine groups is 1. The van der Waals surface area contributed by atoms with E-state index in [2.05, 4.69) is 38.4 Å². The Balaban J connectivity index is 1.40. The standard InChI is InChI=1S/C40H47Cl2N9O2/c1-23-19-27(20-24(2)37(23)42)53-18-10-13-28-29-14-15-32(41)36(35-25(3)46-50(8)26(35)4)39(29)51(34(28)22-52)17-16-47(5)33-21-48(6)38-30(33)11-9-12-31(38)40(45-43)49(7)44/h9,11-12,14-15,19-22H,10,13,16-18,43-44H2,1-8H3/b45-40-. The highest BCUT2D eigenvalue weighted by Crippen LogP contribution is 2.42. The van der Waals surface area contributed by atoms with Crippen LogP contribution >= 0.6 is 23.2 Å². The second-order valence-corrected chi connectivity index (χ2v) is 14.5. The molecule has 0 fully saturated rings. The molecule has 278 valence electrons. The first-order valence-electron chi connectivity index (χ1n) is 17.5. The van der Waals surface area contributed by atoms with Crippen molar-refractivity contribution in [3.63, 3.8) is 0 Å². The summed E-state index contributed by atoms with van der Waals surface area (Å²) in [5.41, 5.74) is 11.0. The molecule has 6 rings (SSSR count). The van der Waals surface area contributed by atoms with Crippen LogP contribution in [-0.2, 0) is 27.1 Å². The van der Waals surface area contributed by atoms with Gasteiger partial charge in [-0.05, 0) is 81.5 Å². The second kappa shape index (κ2) is 15.2. The van der Waals surface area contributed by atoms with Gasteiger partial charge in [0.15, 0.2) is 12.1 Å². The van der Waals surface area contributed by atoms with Crippen LogP contribution < -0.4 is 21.3 Å². The predicted octanol–water partition coefficient (Wildman–Crippen LogP) is 7.46. The van der Waals surface area contributed by atoms with Crippen molar-refractivity contribution in [2.24, 2.45) is 30.9 Å². The molecule has 0 radical (unpaired) electrons. The monoisotopic (exact) mass is 755 g/mol. The number of aldehydes is 1. The third-order valence-electron chi connectivity index (χ3n) is 10.2. The van der Waals surface area contributed by atoms with Crippen molar-refractivity contribution in [3.05, 3.63) is 98.0 Å². The maximum Gasteiger partial charge on any atom is 0.171 e. The van der Waals surface area contributed by atoms with Crippen molar-refractivity contribution in [3.8, 4) is 16.9 Å². The van der Waals surface area contributed by atoms with E-state index in [1.165, 1.54) is 5.01 Å². The Morgan fingerprint density at radius 3 is 2.34 bits per heavy atom. The van der Waals surface area contributed by atoms with Crippen LogP contribution in [0.1, 0.15) is 50.6 Å². The molecule has 4 N–H and O–H groups in total. The zero-order chi connectivity index (χ0) is 38.3. The fraction of sp³-hybridized carbons (Fsp3) is 0.325. The number of amidine groups is 1. The SMILES string of the molecule is Cc1cc(OCCCc2c(C=O)n(CCN(C)c3cn(C)c4c(/C(=N/N)N(C)N)cccc34)c3c(-c4c(C)nn(C)c4C)c(Cl)ccc23)cc(C)c1Cl. The Kier molecular flexibility index (Phi) is 10.8. The minimum atomic E-state index is 0.474. The number of carbonyl (C=O) groups excluding carboxylic acids is 1. The van der Waals surface area contributed by atoms with Gasteiger partial charge >= 0.3 is 0 Å². The van der Waals surface area contributed by atoms with E-state index in [1.807, 2.05) is 82.9 Å². The molecule has 0 aliphatic carbocycles. The lowest BCUT2D eigenvalue weighted by atomic mass is 9.98. The Labute approximate surface area is 320 Å². The number of benzene rings is 3. The van der Waals surface area contributed by atoms with Crippen LogP contribution in [0, 0.1) is 27.7 Å². The van der Waals surface area contributed by atoms with E-state index in [9.17, 15) is 4.79 Å². The number of hydrazone groups is 1. The van der Waals surface area contributed by atoms with Gasteiger partial charge in [0.25, 0.3) is 0 Å². The van der Waals surface area contributed by atoms with Crippen LogP contribution in [0.15, 0.2) is 53.8 Å². The molecule has 3 heterocycles. The van der Waals surface area contributed by atoms with E-state index in [4.69, 9.17) is 44.7 Å². The lowest BCUT2D eigenvalue weighted by Gasteiger charge is -2.21. The zero-order valence-electron chi connectivity index (χ0n) is 31.6. The van der Waals surface area contributed by atoms with E-state index < -0.39 is 0 Å². The number of carbonyl (C=O) groups is 1. The maximum atomic E-state index is 13.2. The minimum absolute atomic E-state index is 0.474. The second-order valence-electron chi connectivity index (χ2n) is 13.8. The van der Waals surface area contributed by atoms with Gasteiger partial charge < -0.3 is 24.6 Å². The predicted molar refractivity (Wildman–Crippen MR) is 218 cm³/mol. The number of nitrogens with zero attached hydrogens (tertiary/aromatic N) is 7. The number of para-hydroxylation sites is 1. The van der Waals surface area contributed by atoms with E-state index in [0.29, 0.717) is 49.1 Å². The first kappa shape index (κ1) is 37.8. The summed E-state index contributed by atoms with van der Waals surface area (Å²) in [4.78, 5) is 15.4. The summed E-state index contributed by atoms with van der Waals surface area (Å²) in [6.07, 6.45) is 4.41. The summed E-state index contributed by atoms with van der Waals surface area (Å²) < 4.78 is 12.2. The van der Waals surface area contributed by atoms with Crippen molar-refractivity contribution >= 4 is 62.8 Å². The lowest BCUT2D eigenvalue weighted by Crippen LogP contribution is -2.35. The Hall–Kier alpha value is -4.97. The number of rotatable bonds is 12. The van der Waals surface area contributed by atoms with Crippen LogP contribution in [0.25, 0.3) is 32.9 Å². The molecule has 0 spiro atoms. The van der Waals surface area contributed by atoms with Gasteiger partial charge in [0.05, 0.1) is 39.7 Å². The fourth-order valence-electron chi connectivity index (χ4n) is 7.60. The van der Waals surface area contributed by atoms with Gasteiger partial charge in [-0.3, -0.25) is 14.5 Å². The number of likely N-dealkylation sites (N-methyl/N-ethyl adjacent to an activating group) is 1. The van der Waals surface area contributed by atoms with Gasteiger partial charge in [0.1, 0.15) is 5.75 Å². The molecule has 0 atom stereocenters. The first-order valence-corrected chi connectivity index (χ1v) is 18.3. The smallest absolute Gasteiger partial charge is 0.171 e. The molecule has 0 aliphatic rings. The van der Waals surface area contributed by atoms with Gasteiger partial charge in [-0.2, -0.15) is 10.2 Å². The number of hydrogen-bond donors (Lipinski definition) is 2. The highest BCUT2D eigenvalue weighted by molar-refractivity contribution is 6.35. The Morgan fingerprint density at radius 2 is 1.72 bits per heavy atom. The average Bonchev–Trinajstić information content (AvgIpc) is 3.71. The molecule has 3 aromatic carbocycles. The highest BCUT2D eigenvalue weighted by Gasteiger charge is 2.26. The van der Waals surface area contributed by atoms with E-state index in [1.54, 1.807) is 7.05 Å². The van der Waals surface area contributed by atoms with Crippen LogP contribution in [0.3, 0.4) is 0 Å². The molecule has 0 aliphatic heterocycles. The molecule has 13 heteroatoms. The number of ether oxygens (including phenoxy) is 1. The number of nitrogens with two attached hydrogens (primary N) is 2. The first-order chi connectivity index (χ1) is 25.3. The third-order valence-corrected chi connectivity index (χ3v) is 11.1. The molecule has 6 aromatic rings. The maximum absolute atomic E-state index is 13.2. The number of anilines is 1. The van der Waals surface area contributed by atoms with Crippen LogP contribution in [0.5, 0.6) is 5.75 Å². The fourth-order valence-corrected chi connectivity index (χ4v) is 7.95. The molecular formula is C40H47Cl2N9O2. The summed E-state index contributed by atoms with van der Waals surface area (Å²) in [5, 5.41) is 13.5. The molecular weight excluding hydrogens is 709 g/mol. The number of aromatic nitrogens is 4. The summed E-state index contributed by atoms with van der Waals surface area (Å²) >= 11 is 13.5. The largest absolute Gasteiger partial charge is 0.494 e. The van der Waals surface area contributed by atoms with Crippen molar-refractivity contribution in [1.82, 2.24) is 23.9 Å². The number of aryl methyl sites for hydroxylation is 6. The molecule has 0 saturated heterocycles. The van der Waals surface area contributed by atoms with E-state index in [0.717, 1.165) is 89.3 Å². The summed E-state index contributed by atoms with van der Waals surface area (Å²) in [6.45, 7) is 9.59. The number of hydrogen-bond acceptors (Lipinski definition) is 7. The van der Waals surface area contributed by atoms with E-state index in [-0.39, 0.29) is 0 Å². The van der Waals surface area contributed by atoms with Gasteiger partial charge in [-0.25, -0.2) is 5.84 Å². The molecule has 3 aromatic heterocycles. The molecule has 11 nitrogen and oxygen atoms in total. The quantitative estimate of drug-likeness (QED) is 0.0332. The molecule has 0 bridgehead atoms. The number of halogens is 2. The van der Waals surface area contributed by atoms with Crippen LogP contribution in [0.2, 0.25) is 10.0 Å². The van der Waals surface area contributed by atoms with Gasteiger partial charge in [0.2, 0.25) is 0 Å². The number of fused-ring (bicyclic) bond motifs is 2. The van der Waals surface area contributed by atoms with Crippen molar-refractivity contribution < 1.29 is 9.53 Å². The normalized spacial score (nSPS) is 11.9. The molecule has 0 unspecified atom stereocenters. The summed E-state index contributed by atoms with van der Waals surface area (Å²) in [5.74, 6) is 13.1. The van der Waals surface area contributed by atoms with Crippen molar-refractivity contribution in [2.75, 3.05) is 32.1 Å². The zero-order valence-corrected chi connectivity index (χ0v) is 33.1. The van der Waals surface area contributed by atoms with Crippen molar-refractivity contribution in [2.45, 2.75) is 47.1 Å². The summed E-state index contributed by atoms with van der Waals surface area (Å²) in [6, 6.07) is 13.9. The topological polar surface area (TPSA) is 125 Å².